The van der Waals surface area contributed by atoms with E-state index in [0.717, 1.165) is 0 Å². The highest BCUT2D eigenvalue weighted by Crippen LogP contribution is 2.05. The smallest absolute Gasteiger partial charge is 0.334 e. The molecule has 0 amide bonds. The molecular formula is C9H18ClNO2. The lowest BCUT2D eigenvalue weighted by atomic mass is 10.1. The van der Waals surface area contributed by atoms with Crippen LogP contribution in [0.5, 0.6) is 0 Å². The summed E-state index contributed by atoms with van der Waals surface area (Å²) in [5, 5.41) is 0. The van der Waals surface area contributed by atoms with Gasteiger partial charge in [-0.15, -0.1) is 11.6 Å². The number of hydrogen-bond donors (Lipinski definition) is 0. The summed E-state index contributed by atoms with van der Waals surface area (Å²) in [4.78, 5) is 12.8. The summed E-state index contributed by atoms with van der Waals surface area (Å²) in [7, 11) is 5.13. The first-order valence-corrected chi connectivity index (χ1v) is 4.57. The fourth-order valence-corrected chi connectivity index (χ4v) is 0.613. The molecule has 0 heterocycles. The number of likely N-dealkylation sites (N-methyl/N-ethyl adjacent to an activating group) is 1. The summed E-state index contributed by atoms with van der Waals surface area (Å²) in [5.74, 6) is -0.341. The zero-order valence-electron chi connectivity index (χ0n) is 8.93. The third-order valence-corrected chi connectivity index (χ3v) is 1.73. The fraction of sp³-hybridized carbons (Fsp3) is 0.667. The topological polar surface area (TPSA) is 29.5 Å². The van der Waals surface area contributed by atoms with Gasteiger partial charge in [-0.1, -0.05) is 6.58 Å². The third kappa shape index (κ3) is 5.66. The molecule has 3 nitrogen and oxygen atoms in total. The molecule has 0 radical (unpaired) electrons. The van der Waals surface area contributed by atoms with E-state index in [4.69, 9.17) is 0 Å². The summed E-state index contributed by atoms with van der Waals surface area (Å²) < 4.78 is 4.52. The Bertz CT molecular complexity index is 169. The molecule has 0 aromatic rings. The molecule has 0 spiro atoms. The molecule has 0 aromatic heterocycles. The quantitative estimate of drug-likeness (QED) is 0.399. The zero-order chi connectivity index (χ0) is 11.0. The van der Waals surface area contributed by atoms with E-state index in [-0.39, 0.29) is 12.0 Å². The van der Waals surface area contributed by atoms with Crippen LogP contribution in [-0.2, 0) is 9.53 Å². The molecule has 0 saturated carbocycles. The van der Waals surface area contributed by atoms with Gasteiger partial charge in [0.15, 0.2) is 0 Å². The normalized spacial score (nSPS) is 11.3. The molecule has 1 unspecified atom stereocenters. The molecule has 0 aliphatic carbocycles. The number of carbonyl (C=O) groups is 1. The van der Waals surface area contributed by atoms with Crippen LogP contribution in [0, 0.1) is 0 Å². The van der Waals surface area contributed by atoms with Gasteiger partial charge in [0.05, 0.1) is 7.11 Å². The van der Waals surface area contributed by atoms with E-state index in [1.807, 2.05) is 25.9 Å². The minimum Gasteiger partial charge on any atom is -0.466 e. The van der Waals surface area contributed by atoms with Crippen LogP contribution >= 0.6 is 11.6 Å². The molecule has 0 fully saturated rings. The molecule has 4 heteroatoms. The minimum atomic E-state index is -0.341. The Morgan fingerprint density at radius 2 is 1.85 bits per heavy atom. The molecule has 0 aliphatic heterocycles. The molecule has 0 N–H and O–H groups in total. The van der Waals surface area contributed by atoms with Crippen molar-refractivity contribution >= 4 is 17.6 Å². The average molecular weight is 208 g/mol. The Morgan fingerprint density at radius 1 is 1.46 bits per heavy atom. The molecule has 0 aromatic carbocycles. The van der Waals surface area contributed by atoms with Crippen molar-refractivity contribution < 1.29 is 9.53 Å². The van der Waals surface area contributed by atoms with Crippen LogP contribution in [0.4, 0.5) is 0 Å². The van der Waals surface area contributed by atoms with Crippen molar-refractivity contribution in [3.05, 3.63) is 12.2 Å². The van der Waals surface area contributed by atoms with Gasteiger partial charge in [-0.25, -0.2) is 4.79 Å². The van der Waals surface area contributed by atoms with Crippen molar-refractivity contribution in [2.24, 2.45) is 0 Å². The molecule has 78 valence electrons. The van der Waals surface area contributed by atoms with E-state index in [1.54, 1.807) is 0 Å². The largest absolute Gasteiger partial charge is 0.466 e. The lowest BCUT2D eigenvalue weighted by Crippen LogP contribution is -2.30. The zero-order valence-corrected chi connectivity index (χ0v) is 9.68. The van der Waals surface area contributed by atoms with Gasteiger partial charge in [0.25, 0.3) is 0 Å². The van der Waals surface area contributed by atoms with E-state index in [9.17, 15) is 4.79 Å². The Balaban J connectivity index is 0. The van der Waals surface area contributed by atoms with E-state index in [1.165, 1.54) is 13.5 Å². The molecule has 0 rings (SSSR count). The summed E-state index contributed by atoms with van der Waals surface area (Å²) >= 11 is 4.64. The first-order valence-electron chi connectivity index (χ1n) is 3.82. The second kappa shape index (κ2) is 8.08. The SMILES string of the molecule is C=C(C(=O)OC)C(C)N(C)C.CCl. The highest BCUT2D eigenvalue weighted by molar-refractivity contribution is 6.15. The Labute approximate surface area is 85.3 Å². The Morgan fingerprint density at radius 3 is 2.08 bits per heavy atom. The molecule has 13 heavy (non-hydrogen) atoms. The first-order chi connectivity index (χ1) is 6.00. The molecular weight excluding hydrogens is 190 g/mol. The predicted octanol–water partition coefficient (Wildman–Crippen LogP) is 1.52. The number of esters is 1. The maximum Gasteiger partial charge on any atom is 0.334 e. The third-order valence-electron chi connectivity index (χ3n) is 1.73. The molecule has 0 saturated heterocycles. The van der Waals surface area contributed by atoms with Crippen molar-refractivity contribution in [1.82, 2.24) is 4.90 Å². The van der Waals surface area contributed by atoms with Crippen molar-refractivity contribution in [3.8, 4) is 0 Å². The number of carbonyl (C=O) groups excluding carboxylic acids is 1. The lowest BCUT2D eigenvalue weighted by Gasteiger charge is -2.20. The van der Waals surface area contributed by atoms with Crippen LogP contribution in [0.15, 0.2) is 12.2 Å². The first kappa shape index (κ1) is 15.0. The van der Waals surface area contributed by atoms with Crippen molar-refractivity contribution in [3.63, 3.8) is 0 Å². The fourth-order valence-electron chi connectivity index (χ4n) is 0.613. The van der Waals surface area contributed by atoms with Crippen LogP contribution < -0.4 is 0 Å². The maximum absolute atomic E-state index is 10.9. The minimum absolute atomic E-state index is 0.0300. The number of nitrogens with zero attached hydrogens (tertiary/aromatic N) is 1. The molecule has 0 bridgehead atoms. The van der Waals surface area contributed by atoms with Crippen LogP contribution in [0.1, 0.15) is 6.92 Å². The highest BCUT2D eigenvalue weighted by atomic mass is 35.5. The second-order valence-corrected chi connectivity index (χ2v) is 2.66. The van der Waals surface area contributed by atoms with E-state index < -0.39 is 0 Å². The standard InChI is InChI=1S/C8H15NO2.CH3Cl/c1-6(8(10)11-5)7(2)9(3)4;1-2/h7H,1H2,2-5H3;1H3. The van der Waals surface area contributed by atoms with Crippen molar-refractivity contribution in [1.29, 1.82) is 0 Å². The summed E-state index contributed by atoms with van der Waals surface area (Å²) in [6, 6.07) is 0.0300. The van der Waals surface area contributed by atoms with Gasteiger partial charge in [0.1, 0.15) is 0 Å². The number of methoxy groups -OCH3 is 1. The van der Waals surface area contributed by atoms with E-state index in [2.05, 4.69) is 22.9 Å². The summed E-state index contributed by atoms with van der Waals surface area (Å²) in [6.45, 7) is 5.53. The van der Waals surface area contributed by atoms with Crippen molar-refractivity contribution in [2.45, 2.75) is 13.0 Å². The van der Waals surface area contributed by atoms with Gasteiger partial charge in [-0.05, 0) is 21.0 Å². The predicted molar refractivity (Wildman–Crippen MR) is 56.1 cm³/mol. The van der Waals surface area contributed by atoms with Gasteiger partial charge >= 0.3 is 5.97 Å². The van der Waals surface area contributed by atoms with Gasteiger partial charge in [0.2, 0.25) is 0 Å². The van der Waals surface area contributed by atoms with Gasteiger partial charge in [0, 0.05) is 18.0 Å². The average Bonchev–Trinajstić information content (AvgIpc) is 2.17. The Kier molecular flexibility index (Phi) is 9.29. The maximum atomic E-state index is 10.9. The van der Waals surface area contributed by atoms with E-state index in [0.29, 0.717) is 5.57 Å². The second-order valence-electron chi connectivity index (χ2n) is 2.66. The Hall–Kier alpha value is -0.540. The number of hydrogen-bond acceptors (Lipinski definition) is 3. The lowest BCUT2D eigenvalue weighted by molar-refractivity contribution is -0.136. The molecule has 0 aliphatic rings. The van der Waals surface area contributed by atoms with Crippen molar-refractivity contribution in [2.75, 3.05) is 27.6 Å². The number of alkyl halides is 1. The van der Waals surface area contributed by atoms with E-state index >= 15 is 0 Å². The van der Waals surface area contributed by atoms with Crippen LogP contribution in [0.3, 0.4) is 0 Å². The number of ether oxygens (including phenoxy) is 1. The highest BCUT2D eigenvalue weighted by Gasteiger charge is 2.15. The van der Waals surface area contributed by atoms with Gasteiger partial charge < -0.3 is 9.64 Å². The summed E-state index contributed by atoms with van der Waals surface area (Å²) in [6.07, 6.45) is 1.47. The monoisotopic (exact) mass is 207 g/mol. The number of halogens is 1. The summed E-state index contributed by atoms with van der Waals surface area (Å²) in [5.41, 5.74) is 0.484. The van der Waals surface area contributed by atoms with Crippen LogP contribution in [0.25, 0.3) is 0 Å². The van der Waals surface area contributed by atoms with Gasteiger partial charge in [-0.2, -0.15) is 0 Å². The molecule has 1 atom stereocenters. The van der Waals surface area contributed by atoms with Gasteiger partial charge in [-0.3, -0.25) is 0 Å². The van der Waals surface area contributed by atoms with Crippen LogP contribution in [0.2, 0.25) is 0 Å². The van der Waals surface area contributed by atoms with Crippen LogP contribution in [-0.4, -0.2) is 44.5 Å². The number of rotatable bonds is 3.